The lowest BCUT2D eigenvalue weighted by Crippen LogP contribution is -2.52. The van der Waals surface area contributed by atoms with Gasteiger partial charge < -0.3 is 24.4 Å². The highest BCUT2D eigenvalue weighted by atomic mass is 16.6. The van der Waals surface area contributed by atoms with Crippen LogP contribution < -0.4 is 5.32 Å². The lowest BCUT2D eigenvalue weighted by Gasteiger charge is -2.32. The summed E-state index contributed by atoms with van der Waals surface area (Å²) in [7, 11) is 1.31. The van der Waals surface area contributed by atoms with Crippen molar-refractivity contribution >= 4 is 12.0 Å². The van der Waals surface area contributed by atoms with Crippen LogP contribution in [0.4, 0.5) is 4.79 Å². The third-order valence-corrected chi connectivity index (χ3v) is 4.56. The molecule has 132 valence electrons. The van der Waals surface area contributed by atoms with E-state index in [1.165, 1.54) is 26.4 Å². The van der Waals surface area contributed by atoms with Gasteiger partial charge in [0.05, 0.1) is 33.0 Å². The molecular formula is C16H28N2O5. The second-order valence-electron chi connectivity index (χ2n) is 6.23. The molecule has 7 nitrogen and oxygen atoms in total. The third-order valence-electron chi connectivity index (χ3n) is 4.56. The molecule has 0 spiro atoms. The van der Waals surface area contributed by atoms with Crippen molar-refractivity contribution in [3.63, 3.8) is 0 Å². The molecule has 7 heteroatoms. The molecule has 0 aromatic rings. The number of nitrogens with zero attached hydrogens (tertiary/aromatic N) is 1. The minimum atomic E-state index is -0.696. The van der Waals surface area contributed by atoms with Crippen LogP contribution in [-0.2, 0) is 19.0 Å². The number of hydrogen-bond acceptors (Lipinski definition) is 5. The molecule has 1 N–H and O–H groups in total. The Morgan fingerprint density at radius 2 is 2.09 bits per heavy atom. The Balaban J connectivity index is 1.65. The average Bonchev–Trinajstić information content (AvgIpc) is 2.59. The van der Waals surface area contributed by atoms with Crippen molar-refractivity contribution in [2.75, 3.05) is 40.0 Å². The monoisotopic (exact) mass is 328 g/mol. The zero-order valence-corrected chi connectivity index (χ0v) is 14.1. The Kier molecular flexibility index (Phi) is 7.11. The fraction of sp³-hybridized carbons (Fsp3) is 0.875. The number of amides is 2. The molecule has 23 heavy (non-hydrogen) atoms. The second kappa shape index (κ2) is 9.08. The minimum Gasteiger partial charge on any atom is -0.467 e. The molecule has 1 saturated heterocycles. The van der Waals surface area contributed by atoms with Gasteiger partial charge in [-0.15, -0.1) is 0 Å². The van der Waals surface area contributed by atoms with Crippen molar-refractivity contribution in [1.82, 2.24) is 10.2 Å². The number of methoxy groups -OCH3 is 1. The Bertz CT molecular complexity index is 404. The van der Waals surface area contributed by atoms with Gasteiger partial charge >= 0.3 is 12.0 Å². The van der Waals surface area contributed by atoms with Crippen LogP contribution in [-0.4, -0.2) is 69.1 Å². The molecule has 0 unspecified atom stereocenters. The fourth-order valence-corrected chi connectivity index (χ4v) is 3.12. The molecular weight excluding hydrogens is 300 g/mol. The Morgan fingerprint density at radius 1 is 1.30 bits per heavy atom. The van der Waals surface area contributed by atoms with Gasteiger partial charge in [0.25, 0.3) is 0 Å². The number of urea groups is 1. The van der Waals surface area contributed by atoms with E-state index in [1.807, 2.05) is 0 Å². The van der Waals surface area contributed by atoms with Crippen LogP contribution in [0.15, 0.2) is 0 Å². The van der Waals surface area contributed by atoms with Gasteiger partial charge in [0.15, 0.2) is 6.10 Å². The molecule has 0 aromatic carbocycles. The van der Waals surface area contributed by atoms with Crippen LogP contribution in [0.3, 0.4) is 0 Å². The van der Waals surface area contributed by atoms with Crippen LogP contribution in [0.2, 0.25) is 0 Å². The zero-order chi connectivity index (χ0) is 16.7. The van der Waals surface area contributed by atoms with E-state index in [-0.39, 0.29) is 12.6 Å². The summed E-state index contributed by atoms with van der Waals surface area (Å²) in [4.78, 5) is 25.2. The summed E-state index contributed by atoms with van der Waals surface area (Å²) in [6, 6.07) is -0.192. The molecule has 0 radical (unpaired) electrons. The fourth-order valence-electron chi connectivity index (χ4n) is 3.12. The summed E-state index contributed by atoms with van der Waals surface area (Å²) < 4.78 is 15.8. The minimum absolute atomic E-state index is 0.192. The molecule has 2 amide bonds. The zero-order valence-electron chi connectivity index (χ0n) is 14.1. The molecule has 1 heterocycles. The first-order chi connectivity index (χ1) is 11.1. The quantitative estimate of drug-likeness (QED) is 0.605. The van der Waals surface area contributed by atoms with E-state index in [0.29, 0.717) is 38.3 Å². The molecule has 2 rings (SSSR count). The van der Waals surface area contributed by atoms with E-state index in [1.54, 1.807) is 4.90 Å². The maximum Gasteiger partial charge on any atom is 0.336 e. The van der Waals surface area contributed by atoms with Crippen molar-refractivity contribution < 1.29 is 23.8 Å². The number of nitrogens with one attached hydrogen (secondary N) is 1. The van der Waals surface area contributed by atoms with E-state index in [4.69, 9.17) is 9.47 Å². The van der Waals surface area contributed by atoms with E-state index >= 15 is 0 Å². The Morgan fingerprint density at radius 3 is 2.83 bits per heavy atom. The van der Waals surface area contributed by atoms with E-state index in [9.17, 15) is 9.59 Å². The molecule has 0 bridgehead atoms. The Hall–Kier alpha value is -1.34. The van der Waals surface area contributed by atoms with Gasteiger partial charge in [-0.1, -0.05) is 19.8 Å². The van der Waals surface area contributed by atoms with Crippen LogP contribution in [0.25, 0.3) is 0 Å². The third kappa shape index (κ3) is 5.35. The van der Waals surface area contributed by atoms with Gasteiger partial charge in [0, 0.05) is 13.1 Å². The maximum absolute atomic E-state index is 12.1. The summed E-state index contributed by atoms with van der Waals surface area (Å²) in [5.41, 5.74) is 0. The highest BCUT2D eigenvalue weighted by molar-refractivity contribution is 5.78. The standard InChI is InChI=1S/C16H28N2O5/c1-12-5-3-4-6-13(12)22-9-7-17-16(20)18-8-10-23-14(11-18)15(19)21-2/h12-14H,3-11H2,1-2H3,(H,17,20)/t12-,13-,14-/m0/s1. The molecule has 2 aliphatic rings. The van der Waals surface area contributed by atoms with Crippen molar-refractivity contribution in [3.05, 3.63) is 0 Å². The number of carbonyl (C=O) groups is 2. The molecule has 1 aliphatic carbocycles. The number of morpholine rings is 1. The first-order valence-corrected chi connectivity index (χ1v) is 8.45. The predicted octanol–water partition coefficient (Wildman–Crippen LogP) is 1.17. The molecule has 1 saturated carbocycles. The van der Waals surface area contributed by atoms with Crippen molar-refractivity contribution in [2.45, 2.75) is 44.8 Å². The highest BCUT2D eigenvalue weighted by Gasteiger charge is 2.29. The van der Waals surface area contributed by atoms with E-state index in [0.717, 1.165) is 6.42 Å². The average molecular weight is 328 g/mol. The van der Waals surface area contributed by atoms with E-state index < -0.39 is 12.1 Å². The second-order valence-corrected chi connectivity index (χ2v) is 6.23. The summed E-state index contributed by atoms with van der Waals surface area (Å²) in [6.07, 6.45) is 4.46. The van der Waals surface area contributed by atoms with Gasteiger partial charge in [-0.25, -0.2) is 9.59 Å². The van der Waals surface area contributed by atoms with E-state index in [2.05, 4.69) is 17.0 Å². The van der Waals surface area contributed by atoms with Crippen LogP contribution in [0.5, 0.6) is 0 Å². The molecule has 2 fully saturated rings. The van der Waals surface area contributed by atoms with Crippen LogP contribution in [0, 0.1) is 5.92 Å². The van der Waals surface area contributed by atoms with Gasteiger partial charge in [0.2, 0.25) is 0 Å². The highest BCUT2D eigenvalue weighted by Crippen LogP contribution is 2.25. The largest absolute Gasteiger partial charge is 0.467 e. The Labute approximate surface area is 137 Å². The molecule has 1 aliphatic heterocycles. The summed E-state index contributed by atoms with van der Waals surface area (Å²) in [5, 5.41) is 2.84. The topological polar surface area (TPSA) is 77.1 Å². The summed E-state index contributed by atoms with van der Waals surface area (Å²) >= 11 is 0. The first-order valence-electron chi connectivity index (χ1n) is 8.45. The first kappa shape index (κ1) is 18.0. The summed E-state index contributed by atoms with van der Waals surface area (Å²) in [6.45, 7) is 4.25. The smallest absolute Gasteiger partial charge is 0.336 e. The summed E-state index contributed by atoms with van der Waals surface area (Å²) in [5.74, 6) is 0.150. The normalized spacial score (nSPS) is 28.3. The lowest BCUT2D eigenvalue weighted by atomic mass is 9.88. The van der Waals surface area contributed by atoms with Crippen LogP contribution in [0.1, 0.15) is 32.6 Å². The van der Waals surface area contributed by atoms with Gasteiger partial charge in [-0.05, 0) is 18.8 Å². The number of esters is 1. The SMILES string of the molecule is COC(=O)[C@@H]1CN(C(=O)NCCO[C@H]2CCCC[C@@H]2C)CCO1. The number of ether oxygens (including phenoxy) is 3. The number of hydrogen-bond donors (Lipinski definition) is 1. The van der Waals surface area contributed by atoms with Gasteiger partial charge in [0.1, 0.15) is 0 Å². The predicted molar refractivity (Wildman–Crippen MR) is 84.1 cm³/mol. The van der Waals surface area contributed by atoms with Crippen molar-refractivity contribution in [2.24, 2.45) is 5.92 Å². The molecule has 3 atom stereocenters. The van der Waals surface area contributed by atoms with Gasteiger partial charge in [-0.3, -0.25) is 0 Å². The van der Waals surface area contributed by atoms with Gasteiger partial charge in [-0.2, -0.15) is 0 Å². The van der Waals surface area contributed by atoms with Crippen molar-refractivity contribution in [1.29, 1.82) is 0 Å². The molecule has 0 aromatic heterocycles. The van der Waals surface area contributed by atoms with Crippen LogP contribution >= 0.6 is 0 Å². The van der Waals surface area contributed by atoms with Crippen molar-refractivity contribution in [3.8, 4) is 0 Å². The lowest BCUT2D eigenvalue weighted by molar-refractivity contribution is -0.158. The number of rotatable bonds is 5. The maximum atomic E-state index is 12.1. The number of carbonyl (C=O) groups excluding carboxylic acids is 2.